The molecule has 0 aromatic heterocycles. The molecule has 2 aromatic rings. The van der Waals surface area contributed by atoms with Crippen molar-refractivity contribution in [2.45, 2.75) is 6.04 Å². The molecule has 1 amide bonds. The number of anilines is 1. The molecule has 3 N–H and O–H groups in total. The fourth-order valence-electron chi connectivity index (χ4n) is 1.88. The zero-order valence-corrected chi connectivity index (χ0v) is 10.7. The van der Waals surface area contributed by atoms with Crippen LogP contribution in [0.25, 0.3) is 0 Å². The van der Waals surface area contributed by atoms with Crippen LogP contribution in [0.3, 0.4) is 0 Å². The van der Waals surface area contributed by atoms with E-state index in [1.807, 2.05) is 54.6 Å². The zero-order valence-electron chi connectivity index (χ0n) is 10.7. The predicted octanol–water partition coefficient (Wildman–Crippen LogP) is 2.33. The fourth-order valence-corrected chi connectivity index (χ4v) is 1.88. The molecule has 1 atom stereocenters. The third-order valence-electron chi connectivity index (χ3n) is 2.82. The van der Waals surface area contributed by atoms with Crippen LogP contribution in [0, 0.1) is 0 Å². The molecule has 0 aliphatic carbocycles. The summed E-state index contributed by atoms with van der Waals surface area (Å²) in [5.41, 5.74) is 7.02. The van der Waals surface area contributed by atoms with Crippen LogP contribution >= 0.6 is 0 Å². The van der Waals surface area contributed by atoms with E-state index in [9.17, 15) is 4.79 Å². The Bertz CT molecular complexity index is 555. The molecule has 0 spiro atoms. The van der Waals surface area contributed by atoms with Crippen LogP contribution in [0.4, 0.5) is 5.69 Å². The first-order chi connectivity index (χ1) is 9.22. The number of hydrogen-bond donors (Lipinski definition) is 2. The Morgan fingerprint density at radius 3 is 2.37 bits per heavy atom. The van der Waals surface area contributed by atoms with Gasteiger partial charge in [-0.1, -0.05) is 42.5 Å². The summed E-state index contributed by atoms with van der Waals surface area (Å²) in [7, 11) is 1.59. The minimum absolute atomic E-state index is 0.433. The number of hydrogen-bond acceptors (Lipinski definition) is 3. The van der Waals surface area contributed by atoms with Crippen LogP contribution in [-0.4, -0.2) is 13.0 Å². The number of benzene rings is 2. The molecule has 0 radical (unpaired) electrons. The van der Waals surface area contributed by atoms with Gasteiger partial charge in [-0.05, 0) is 17.7 Å². The largest absolute Gasteiger partial charge is 0.495 e. The number of amides is 1. The van der Waals surface area contributed by atoms with Gasteiger partial charge in [-0.2, -0.15) is 0 Å². The number of nitrogens with one attached hydrogen (secondary N) is 1. The maximum atomic E-state index is 11.6. The van der Waals surface area contributed by atoms with E-state index in [0.29, 0.717) is 5.75 Å². The molecule has 0 bridgehead atoms. The molecule has 0 saturated carbocycles. The van der Waals surface area contributed by atoms with Gasteiger partial charge in [-0.15, -0.1) is 0 Å². The second kappa shape index (κ2) is 5.91. The first kappa shape index (κ1) is 13.0. The average Bonchev–Trinajstić information content (AvgIpc) is 2.45. The number of methoxy groups -OCH3 is 1. The van der Waals surface area contributed by atoms with Crippen LogP contribution in [0.15, 0.2) is 54.6 Å². The highest BCUT2D eigenvalue weighted by Crippen LogP contribution is 2.27. The highest BCUT2D eigenvalue weighted by Gasteiger charge is 2.18. The minimum Gasteiger partial charge on any atom is -0.495 e. The van der Waals surface area contributed by atoms with E-state index in [1.165, 1.54) is 0 Å². The average molecular weight is 256 g/mol. The van der Waals surface area contributed by atoms with E-state index >= 15 is 0 Å². The number of para-hydroxylation sites is 2. The number of ether oxygens (including phenoxy) is 1. The van der Waals surface area contributed by atoms with Crippen molar-refractivity contribution in [1.29, 1.82) is 0 Å². The summed E-state index contributed by atoms with van der Waals surface area (Å²) in [5, 5.41) is 3.11. The molecule has 0 aliphatic rings. The number of carbonyl (C=O) groups is 1. The number of primary amides is 1. The van der Waals surface area contributed by atoms with E-state index in [2.05, 4.69) is 5.32 Å². The quantitative estimate of drug-likeness (QED) is 0.863. The number of carbonyl (C=O) groups excluding carboxylic acids is 1. The second-order valence-corrected chi connectivity index (χ2v) is 4.09. The summed E-state index contributed by atoms with van der Waals surface area (Å²) >= 11 is 0. The molecule has 2 rings (SSSR count). The van der Waals surface area contributed by atoms with Crippen molar-refractivity contribution in [2.75, 3.05) is 12.4 Å². The molecule has 4 heteroatoms. The third-order valence-corrected chi connectivity index (χ3v) is 2.82. The van der Waals surface area contributed by atoms with E-state index in [0.717, 1.165) is 11.3 Å². The van der Waals surface area contributed by atoms with Gasteiger partial charge in [0.05, 0.1) is 12.8 Å². The van der Waals surface area contributed by atoms with E-state index < -0.39 is 11.9 Å². The highest BCUT2D eigenvalue weighted by molar-refractivity contribution is 5.85. The Balaban J connectivity index is 2.30. The van der Waals surface area contributed by atoms with Gasteiger partial charge in [-0.25, -0.2) is 0 Å². The van der Waals surface area contributed by atoms with Gasteiger partial charge in [0.25, 0.3) is 0 Å². The Morgan fingerprint density at radius 2 is 1.74 bits per heavy atom. The molecule has 0 heterocycles. The van der Waals surface area contributed by atoms with E-state index in [1.54, 1.807) is 7.11 Å². The van der Waals surface area contributed by atoms with Crippen molar-refractivity contribution in [1.82, 2.24) is 0 Å². The van der Waals surface area contributed by atoms with Crippen molar-refractivity contribution in [2.24, 2.45) is 5.73 Å². The second-order valence-electron chi connectivity index (χ2n) is 4.09. The van der Waals surface area contributed by atoms with Crippen LogP contribution in [-0.2, 0) is 4.79 Å². The van der Waals surface area contributed by atoms with Crippen LogP contribution in [0.5, 0.6) is 5.75 Å². The van der Waals surface area contributed by atoms with E-state index in [4.69, 9.17) is 10.5 Å². The van der Waals surface area contributed by atoms with Gasteiger partial charge in [0.15, 0.2) is 0 Å². The van der Waals surface area contributed by atoms with Crippen molar-refractivity contribution in [3.63, 3.8) is 0 Å². The number of nitrogens with two attached hydrogens (primary N) is 1. The summed E-state index contributed by atoms with van der Waals surface area (Å²) in [5.74, 6) is 0.238. The monoisotopic (exact) mass is 256 g/mol. The Morgan fingerprint density at radius 1 is 1.11 bits per heavy atom. The van der Waals surface area contributed by atoms with Gasteiger partial charge in [0.1, 0.15) is 11.8 Å². The standard InChI is InChI=1S/C15H16N2O2/c1-19-13-10-6-5-9-12(13)17-14(15(16)18)11-7-3-2-4-8-11/h2-10,14,17H,1H3,(H2,16,18). The Kier molecular flexibility index (Phi) is 4.03. The third kappa shape index (κ3) is 3.04. The molecule has 19 heavy (non-hydrogen) atoms. The molecule has 2 aromatic carbocycles. The van der Waals surface area contributed by atoms with E-state index in [-0.39, 0.29) is 0 Å². The number of rotatable bonds is 5. The maximum absolute atomic E-state index is 11.6. The molecule has 0 fully saturated rings. The minimum atomic E-state index is -0.586. The zero-order chi connectivity index (χ0) is 13.7. The van der Waals surface area contributed by atoms with Gasteiger partial charge < -0.3 is 15.8 Å². The fraction of sp³-hybridized carbons (Fsp3) is 0.133. The van der Waals surface area contributed by atoms with Crippen LogP contribution < -0.4 is 15.8 Å². The SMILES string of the molecule is COc1ccccc1NC(C(N)=O)c1ccccc1. The first-order valence-corrected chi connectivity index (χ1v) is 5.96. The summed E-state index contributed by atoms with van der Waals surface area (Å²) in [6.07, 6.45) is 0. The molecule has 0 saturated heterocycles. The predicted molar refractivity (Wildman–Crippen MR) is 75.0 cm³/mol. The topological polar surface area (TPSA) is 64.3 Å². The van der Waals surface area contributed by atoms with Crippen molar-refractivity contribution >= 4 is 11.6 Å². The van der Waals surface area contributed by atoms with Crippen LogP contribution in [0.1, 0.15) is 11.6 Å². The summed E-state index contributed by atoms with van der Waals surface area (Å²) < 4.78 is 5.25. The lowest BCUT2D eigenvalue weighted by molar-refractivity contribution is -0.118. The van der Waals surface area contributed by atoms with Gasteiger partial charge in [0.2, 0.25) is 5.91 Å². The lowest BCUT2D eigenvalue weighted by Gasteiger charge is -2.18. The van der Waals surface area contributed by atoms with Gasteiger partial charge in [-0.3, -0.25) is 4.79 Å². The van der Waals surface area contributed by atoms with Crippen LogP contribution in [0.2, 0.25) is 0 Å². The normalized spacial score (nSPS) is 11.6. The molecular formula is C15H16N2O2. The summed E-state index contributed by atoms with van der Waals surface area (Å²) in [6.45, 7) is 0. The smallest absolute Gasteiger partial charge is 0.244 e. The Labute approximate surface area is 112 Å². The molecule has 1 unspecified atom stereocenters. The summed E-state index contributed by atoms with van der Waals surface area (Å²) in [4.78, 5) is 11.6. The molecule has 98 valence electrons. The van der Waals surface area contributed by atoms with Crippen molar-refractivity contribution < 1.29 is 9.53 Å². The lowest BCUT2D eigenvalue weighted by atomic mass is 10.1. The molecule has 0 aliphatic heterocycles. The van der Waals surface area contributed by atoms with Gasteiger partial charge >= 0.3 is 0 Å². The van der Waals surface area contributed by atoms with Crippen molar-refractivity contribution in [3.8, 4) is 5.75 Å². The first-order valence-electron chi connectivity index (χ1n) is 5.96. The van der Waals surface area contributed by atoms with Gasteiger partial charge in [0, 0.05) is 0 Å². The summed E-state index contributed by atoms with van der Waals surface area (Å²) in [6, 6.07) is 16.2. The highest BCUT2D eigenvalue weighted by atomic mass is 16.5. The molecule has 4 nitrogen and oxygen atoms in total. The lowest BCUT2D eigenvalue weighted by Crippen LogP contribution is -2.27. The maximum Gasteiger partial charge on any atom is 0.244 e. The van der Waals surface area contributed by atoms with Crippen molar-refractivity contribution in [3.05, 3.63) is 60.2 Å². The molecular weight excluding hydrogens is 240 g/mol. The Hall–Kier alpha value is -2.49.